The maximum Gasteiger partial charge on any atom is 0.255 e. The number of aryl methyl sites for hydroxylation is 1. The summed E-state index contributed by atoms with van der Waals surface area (Å²) in [7, 11) is 0. The normalized spacial score (nSPS) is 10.5. The lowest BCUT2D eigenvalue weighted by Crippen LogP contribution is -2.12. The predicted octanol–water partition coefficient (Wildman–Crippen LogP) is 7.67. The number of benzene rings is 4. The van der Waals surface area contributed by atoms with Gasteiger partial charge in [0, 0.05) is 11.3 Å². The minimum Gasteiger partial charge on any atom is -0.490 e. The van der Waals surface area contributed by atoms with Crippen molar-refractivity contribution in [3.05, 3.63) is 113 Å². The molecule has 0 saturated carbocycles. The summed E-state index contributed by atoms with van der Waals surface area (Å²) < 4.78 is 17.5. The van der Waals surface area contributed by atoms with Crippen LogP contribution in [0.3, 0.4) is 0 Å². The van der Waals surface area contributed by atoms with Gasteiger partial charge in [0.15, 0.2) is 11.5 Å². The van der Waals surface area contributed by atoms with Crippen molar-refractivity contribution in [2.24, 2.45) is 0 Å². The summed E-state index contributed by atoms with van der Waals surface area (Å²) in [6.07, 6.45) is 0. The summed E-state index contributed by atoms with van der Waals surface area (Å²) in [5.74, 6) is 1.95. The van der Waals surface area contributed by atoms with Crippen LogP contribution in [0.2, 0.25) is 5.02 Å². The Hall–Kier alpha value is -3.96. The van der Waals surface area contributed by atoms with Crippen molar-refractivity contribution in [2.75, 3.05) is 11.9 Å². The number of anilines is 1. The Kier molecular flexibility index (Phi) is 7.91. The lowest BCUT2D eigenvalue weighted by atomic mass is 10.1. The van der Waals surface area contributed by atoms with E-state index in [0.717, 1.165) is 16.9 Å². The van der Waals surface area contributed by atoms with Crippen LogP contribution in [0.5, 0.6) is 23.0 Å². The minimum absolute atomic E-state index is 0.305. The van der Waals surface area contributed by atoms with Gasteiger partial charge in [0.05, 0.1) is 11.6 Å². The molecule has 0 aliphatic carbocycles. The molecule has 4 aromatic carbocycles. The number of halogens is 1. The molecular weight excluding hydrogens is 462 g/mol. The Balaban J connectivity index is 1.45. The van der Waals surface area contributed by atoms with E-state index in [1.165, 1.54) is 0 Å². The number of hydrogen-bond acceptors (Lipinski definition) is 4. The minimum atomic E-state index is -0.310. The molecule has 0 spiro atoms. The molecule has 35 heavy (non-hydrogen) atoms. The van der Waals surface area contributed by atoms with Gasteiger partial charge in [-0.15, -0.1) is 0 Å². The number of ether oxygens (including phenoxy) is 3. The summed E-state index contributed by atoms with van der Waals surface area (Å²) in [6, 6.07) is 28.0. The highest BCUT2D eigenvalue weighted by atomic mass is 35.5. The van der Waals surface area contributed by atoms with Gasteiger partial charge in [0.25, 0.3) is 5.91 Å². The molecular formula is C29H26ClNO4. The molecule has 0 aromatic heterocycles. The zero-order valence-electron chi connectivity index (χ0n) is 19.6. The van der Waals surface area contributed by atoms with Crippen LogP contribution in [0.1, 0.15) is 28.4 Å². The molecule has 1 amide bonds. The van der Waals surface area contributed by atoms with Gasteiger partial charge < -0.3 is 19.5 Å². The maximum absolute atomic E-state index is 12.9. The Morgan fingerprint density at radius 2 is 1.63 bits per heavy atom. The zero-order valence-corrected chi connectivity index (χ0v) is 20.3. The van der Waals surface area contributed by atoms with Crippen molar-refractivity contribution in [2.45, 2.75) is 20.5 Å². The van der Waals surface area contributed by atoms with E-state index in [-0.39, 0.29) is 5.91 Å². The van der Waals surface area contributed by atoms with Crippen molar-refractivity contribution in [3.8, 4) is 23.0 Å². The van der Waals surface area contributed by atoms with Crippen molar-refractivity contribution in [3.63, 3.8) is 0 Å². The smallest absolute Gasteiger partial charge is 0.255 e. The molecule has 0 aliphatic heterocycles. The number of hydrogen-bond donors (Lipinski definition) is 1. The van der Waals surface area contributed by atoms with Crippen LogP contribution >= 0.6 is 11.6 Å². The quantitative estimate of drug-likeness (QED) is 0.263. The average Bonchev–Trinajstić information content (AvgIpc) is 2.85. The predicted molar refractivity (Wildman–Crippen MR) is 139 cm³/mol. The molecule has 0 atom stereocenters. The van der Waals surface area contributed by atoms with Gasteiger partial charge in [-0.05, 0) is 73.5 Å². The number of nitrogens with one attached hydrogen (secondary N) is 1. The van der Waals surface area contributed by atoms with Crippen LogP contribution in [0, 0.1) is 6.92 Å². The third-order valence-corrected chi connectivity index (χ3v) is 5.42. The maximum atomic E-state index is 12.9. The van der Waals surface area contributed by atoms with Crippen molar-refractivity contribution >= 4 is 23.2 Å². The summed E-state index contributed by atoms with van der Waals surface area (Å²) in [5.41, 5.74) is 3.12. The summed E-state index contributed by atoms with van der Waals surface area (Å²) in [6.45, 7) is 4.62. The highest BCUT2D eigenvalue weighted by molar-refractivity contribution is 6.32. The van der Waals surface area contributed by atoms with Crippen molar-refractivity contribution in [1.82, 2.24) is 0 Å². The van der Waals surface area contributed by atoms with Gasteiger partial charge >= 0.3 is 0 Å². The van der Waals surface area contributed by atoms with E-state index < -0.39 is 0 Å². The first-order valence-corrected chi connectivity index (χ1v) is 11.7. The summed E-state index contributed by atoms with van der Waals surface area (Å²) in [4.78, 5) is 12.9. The molecule has 0 heterocycles. The number of carbonyl (C=O) groups is 1. The number of rotatable bonds is 9. The van der Waals surface area contributed by atoms with Crippen LogP contribution in [0.4, 0.5) is 5.69 Å². The number of amides is 1. The molecule has 1 N–H and O–H groups in total. The molecule has 0 aliphatic rings. The van der Waals surface area contributed by atoms with Crippen LogP contribution in [0.25, 0.3) is 0 Å². The standard InChI is InChI=1S/C29H26ClNO4/c1-3-33-27-18-22(17-26(30)28(27)34-19-21-9-5-4-6-10-21)29(32)31-23-12-14-24(15-13-23)35-25-11-7-8-20(2)16-25/h4-18H,3,19H2,1-2H3,(H,31,32). The molecule has 0 unspecified atom stereocenters. The molecule has 0 radical (unpaired) electrons. The van der Waals surface area contributed by atoms with Gasteiger partial charge in [-0.3, -0.25) is 4.79 Å². The SMILES string of the molecule is CCOc1cc(C(=O)Nc2ccc(Oc3cccc(C)c3)cc2)cc(Cl)c1OCc1ccccc1. The van der Waals surface area contributed by atoms with Crippen molar-refractivity contribution in [1.29, 1.82) is 0 Å². The molecule has 0 saturated heterocycles. The van der Waals surface area contributed by atoms with E-state index in [2.05, 4.69) is 5.32 Å². The zero-order chi connectivity index (χ0) is 24.6. The highest BCUT2D eigenvalue weighted by Crippen LogP contribution is 2.37. The van der Waals surface area contributed by atoms with Crippen LogP contribution < -0.4 is 19.5 Å². The monoisotopic (exact) mass is 487 g/mol. The Bertz CT molecular complexity index is 1290. The van der Waals surface area contributed by atoms with E-state index >= 15 is 0 Å². The molecule has 4 rings (SSSR count). The second-order valence-corrected chi connectivity index (χ2v) is 8.30. The van der Waals surface area contributed by atoms with Crippen LogP contribution in [-0.4, -0.2) is 12.5 Å². The van der Waals surface area contributed by atoms with Crippen molar-refractivity contribution < 1.29 is 19.0 Å². The van der Waals surface area contributed by atoms with Gasteiger partial charge in [0.2, 0.25) is 0 Å². The number of carbonyl (C=O) groups excluding carboxylic acids is 1. The van der Waals surface area contributed by atoms with Gasteiger partial charge in [-0.2, -0.15) is 0 Å². The van der Waals surface area contributed by atoms with Gasteiger partial charge in [-0.25, -0.2) is 0 Å². The lowest BCUT2D eigenvalue weighted by molar-refractivity contribution is 0.102. The van der Waals surface area contributed by atoms with Crippen LogP contribution in [-0.2, 0) is 6.61 Å². The van der Waals surface area contributed by atoms with E-state index in [9.17, 15) is 4.79 Å². The fourth-order valence-corrected chi connectivity index (χ4v) is 3.72. The second kappa shape index (κ2) is 11.4. The highest BCUT2D eigenvalue weighted by Gasteiger charge is 2.17. The Morgan fingerprint density at radius 3 is 2.34 bits per heavy atom. The third kappa shape index (κ3) is 6.55. The fraction of sp³-hybridized carbons (Fsp3) is 0.138. The largest absolute Gasteiger partial charge is 0.490 e. The van der Waals surface area contributed by atoms with E-state index in [0.29, 0.717) is 46.7 Å². The average molecular weight is 488 g/mol. The van der Waals surface area contributed by atoms with Crippen LogP contribution in [0.15, 0.2) is 91.0 Å². The topological polar surface area (TPSA) is 56.8 Å². The Labute approximate surface area is 210 Å². The molecule has 0 fully saturated rings. The molecule has 0 bridgehead atoms. The Morgan fingerprint density at radius 1 is 0.857 bits per heavy atom. The first-order chi connectivity index (χ1) is 17.0. The molecule has 6 heteroatoms. The molecule has 4 aromatic rings. The molecule has 178 valence electrons. The molecule has 5 nitrogen and oxygen atoms in total. The van der Waals surface area contributed by atoms with E-state index in [1.54, 1.807) is 36.4 Å². The van der Waals surface area contributed by atoms with Gasteiger partial charge in [0.1, 0.15) is 18.1 Å². The first kappa shape index (κ1) is 24.2. The fourth-order valence-electron chi connectivity index (χ4n) is 3.46. The van der Waals surface area contributed by atoms with E-state index in [4.69, 9.17) is 25.8 Å². The summed E-state index contributed by atoms with van der Waals surface area (Å²) in [5, 5.41) is 3.19. The van der Waals surface area contributed by atoms with E-state index in [1.807, 2.05) is 68.4 Å². The second-order valence-electron chi connectivity index (χ2n) is 7.89. The summed E-state index contributed by atoms with van der Waals surface area (Å²) >= 11 is 6.49. The lowest BCUT2D eigenvalue weighted by Gasteiger charge is -2.15. The third-order valence-electron chi connectivity index (χ3n) is 5.13. The van der Waals surface area contributed by atoms with Gasteiger partial charge in [-0.1, -0.05) is 54.1 Å². The first-order valence-electron chi connectivity index (χ1n) is 11.3.